The number of hydrogen-bond donors (Lipinski definition) is 2. The van der Waals surface area contributed by atoms with Gasteiger partial charge in [-0.05, 0) is 30.9 Å². The van der Waals surface area contributed by atoms with Crippen LogP contribution in [-0.2, 0) is 0 Å². The summed E-state index contributed by atoms with van der Waals surface area (Å²) in [4.78, 5) is 13.4. The second kappa shape index (κ2) is 6.09. The van der Waals surface area contributed by atoms with E-state index in [2.05, 4.69) is 5.32 Å². The number of carbonyl (C=O) groups is 1. The fourth-order valence-electron chi connectivity index (χ4n) is 1.97. The number of hydrogen-bond acceptors (Lipinski definition) is 3. The molecule has 20 heavy (non-hydrogen) atoms. The fraction of sp³-hybridized carbons (Fsp3) is 0.500. The lowest BCUT2D eigenvalue weighted by atomic mass is 10.2. The maximum absolute atomic E-state index is 13.1. The van der Waals surface area contributed by atoms with E-state index in [0.717, 1.165) is 12.8 Å². The van der Waals surface area contributed by atoms with Crippen LogP contribution < -0.4 is 10.1 Å². The van der Waals surface area contributed by atoms with Gasteiger partial charge in [-0.25, -0.2) is 9.18 Å². The number of carbonyl (C=O) groups excluding carboxylic acids is 1. The Morgan fingerprint density at radius 3 is 2.90 bits per heavy atom. The molecule has 1 atom stereocenters. The molecule has 0 saturated heterocycles. The molecule has 0 aromatic heterocycles. The monoisotopic (exact) mass is 282 g/mol. The molecule has 6 heteroatoms. The van der Waals surface area contributed by atoms with Crippen LogP contribution >= 0.6 is 0 Å². The van der Waals surface area contributed by atoms with Gasteiger partial charge in [0.1, 0.15) is 11.6 Å². The van der Waals surface area contributed by atoms with Crippen LogP contribution in [0.25, 0.3) is 0 Å². The Kier molecular flexibility index (Phi) is 4.44. The Morgan fingerprint density at radius 2 is 2.30 bits per heavy atom. The molecule has 1 aromatic carbocycles. The molecule has 110 valence electrons. The van der Waals surface area contributed by atoms with Gasteiger partial charge in [-0.1, -0.05) is 0 Å². The molecule has 2 N–H and O–H groups in total. The second-order valence-electron chi connectivity index (χ2n) is 5.06. The predicted molar refractivity (Wildman–Crippen MR) is 73.3 cm³/mol. The first kappa shape index (κ1) is 14.6. The average molecular weight is 282 g/mol. The van der Waals surface area contributed by atoms with E-state index in [4.69, 9.17) is 4.74 Å². The molecule has 2 amide bonds. The molecule has 0 bridgehead atoms. The summed E-state index contributed by atoms with van der Waals surface area (Å²) in [5.74, 6) is 0.137. The van der Waals surface area contributed by atoms with Crippen molar-refractivity contribution in [2.24, 2.45) is 5.92 Å². The van der Waals surface area contributed by atoms with Gasteiger partial charge in [-0.2, -0.15) is 0 Å². The SMILES string of the molecule is COc1cc(F)ccc1NC(=O)N(C)CC(O)C1CC1. The zero-order valence-electron chi connectivity index (χ0n) is 11.6. The van der Waals surface area contributed by atoms with Crippen LogP contribution in [0.1, 0.15) is 12.8 Å². The van der Waals surface area contributed by atoms with E-state index in [0.29, 0.717) is 11.6 Å². The zero-order chi connectivity index (χ0) is 14.7. The van der Waals surface area contributed by atoms with Crippen molar-refractivity contribution in [1.82, 2.24) is 4.90 Å². The summed E-state index contributed by atoms with van der Waals surface area (Å²) in [6.45, 7) is 0.278. The van der Waals surface area contributed by atoms with Gasteiger partial charge in [-0.3, -0.25) is 0 Å². The first-order valence-corrected chi connectivity index (χ1v) is 6.55. The highest BCUT2D eigenvalue weighted by molar-refractivity contribution is 5.90. The fourth-order valence-corrected chi connectivity index (χ4v) is 1.97. The number of ether oxygens (including phenoxy) is 1. The van der Waals surface area contributed by atoms with Crippen LogP contribution in [0.3, 0.4) is 0 Å². The maximum atomic E-state index is 13.1. The van der Waals surface area contributed by atoms with Crippen molar-refractivity contribution < 1.29 is 19.0 Å². The van der Waals surface area contributed by atoms with Gasteiger partial charge in [0.05, 0.1) is 18.9 Å². The molecule has 2 rings (SSSR count). The first-order valence-electron chi connectivity index (χ1n) is 6.55. The lowest BCUT2D eigenvalue weighted by Gasteiger charge is -2.21. The molecular weight excluding hydrogens is 263 g/mol. The highest BCUT2D eigenvalue weighted by atomic mass is 19.1. The third kappa shape index (κ3) is 3.60. The largest absolute Gasteiger partial charge is 0.494 e. The topological polar surface area (TPSA) is 61.8 Å². The Bertz CT molecular complexity index is 491. The number of amides is 2. The maximum Gasteiger partial charge on any atom is 0.321 e. The quantitative estimate of drug-likeness (QED) is 0.869. The Hall–Kier alpha value is -1.82. The number of anilines is 1. The Morgan fingerprint density at radius 1 is 1.60 bits per heavy atom. The van der Waals surface area contributed by atoms with Gasteiger partial charge in [0, 0.05) is 19.7 Å². The summed E-state index contributed by atoms with van der Waals surface area (Å²) in [5.41, 5.74) is 0.395. The average Bonchev–Trinajstić information content (AvgIpc) is 3.24. The Labute approximate surface area is 117 Å². The molecule has 1 fully saturated rings. The van der Waals surface area contributed by atoms with E-state index in [1.807, 2.05) is 0 Å². The van der Waals surface area contributed by atoms with Crippen molar-refractivity contribution in [2.75, 3.05) is 26.0 Å². The lowest BCUT2D eigenvalue weighted by Crippen LogP contribution is -2.38. The normalized spacial score (nSPS) is 15.6. The number of rotatable bonds is 5. The van der Waals surface area contributed by atoms with Crippen molar-refractivity contribution in [3.8, 4) is 5.75 Å². The van der Waals surface area contributed by atoms with Crippen LogP contribution in [-0.4, -0.2) is 42.8 Å². The molecule has 0 spiro atoms. The van der Waals surface area contributed by atoms with Crippen LogP contribution in [0.15, 0.2) is 18.2 Å². The highest BCUT2D eigenvalue weighted by Gasteiger charge is 2.31. The molecule has 5 nitrogen and oxygen atoms in total. The molecule has 1 unspecified atom stereocenters. The van der Waals surface area contributed by atoms with Crippen LogP contribution in [0.4, 0.5) is 14.9 Å². The smallest absolute Gasteiger partial charge is 0.321 e. The molecule has 1 saturated carbocycles. The van der Waals surface area contributed by atoms with Gasteiger partial charge in [0.25, 0.3) is 0 Å². The van der Waals surface area contributed by atoms with E-state index in [9.17, 15) is 14.3 Å². The van der Waals surface area contributed by atoms with E-state index >= 15 is 0 Å². The standard InChI is InChI=1S/C14H19FN2O3/c1-17(8-12(18)9-3-4-9)14(19)16-11-6-5-10(15)7-13(11)20-2/h5-7,9,12,18H,3-4,8H2,1-2H3,(H,16,19). The van der Waals surface area contributed by atoms with Crippen molar-refractivity contribution in [3.63, 3.8) is 0 Å². The number of aliphatic hydroxyl groups excluding tert-OH is 1. The van der Waals surface area contributed by atoms with E-state index < -0.39 is 11.9 Å². The highest BCUT2D eigenvalue weighted by Crippen LogP contribution is 2.32. The van der Waals surface area contributed by atoms with Gasteiger partial charge >= 0.3 is 6.03 Å². The minimum absolute atomic E-state index is 0.259. The van der Waals surface area contributed by atoms with Gasteiger partial charge in [0.15, 0.2) is 0 Å². The number of urea groups is 1. The number of likely N-dealkylation sites (N-methyl/N-ethyl adjacent to an activating group) is 1. The summed E-state index contributed by atoms with van der Waals surface area (Å²) in [6, 6.07) is 3.53. The van der Waals surface area contributed by atoms with Crippen LogP contribution in [0.5, 0.6) is 5.75 Å². The second-order valence-corrected chi connectivity index (χ2v) is 5.06. The molecule has 0 heterocycles. The van der Waals surface area contributed by atoms with Crippen molar-refractivity contribution in [1.29, 1.82) is 0 Å². The summed E-state index contributed by atoms with van der Waals surface area (Å²) >= 11 is 0. The van der Waals surface area contributed by atoms with Crippen LogP contribution in [0, 0.1) is 11.7 Å². The number of nitrogens with zero attached hydrogens (tertiary/aromatic N) is 1. The number of aliphatic hydroxyl groups is 1. The minimum atomic E-state index is -0.485. The molecule has 0 aliphatic heterocycles. The molecule has 1 aliphatic rings. The summed E-state index contributed by atoms with van der Waals surface area (Å²) in [6.07, 6.45) is 1.55. The predicted octanol–water partition coefficient (Wildman–Crippen LogP) is 2.07. The lowest BCUT2D eigenvalue weighted by molar-refractivity contribution is 0.117. The molecule has 0 radical (unpaired) electrons. The minimum Gasteiger partial charge on any atom is -0.494 e. The van der Waals surface area contributed by atoms with Crippen molar-refractivity contribution in [3.05, 3.63) is 24.0 Å². The Balaban J connectivity index is 1.96. The number of methoxy groups -OCH3 is 1. The van der Waals surface area contributed by atoms with Crippen molar-refractivity contribution >= 4 is 11.7 Å². The molecule has 1 aromatic rings. The first-order chi connectivity index (χ1) is 9.51. The third-order valence-corrected chi connectivity index (χ3v) is 3.38. The van der Waals surface area contributed by atoms with E-state index in [1.165, 1.54) is 30.2 Å². The van der Waals surface area contributed by atoms with Gasteiger partial charge in [-0.15, -0.1) is 0 Å². The molecular formula is C14H19FN2O3. The number of nitrogens with one attached hydrogen (secondary N) is 1. The van der Waals surface area contributed by atoms with Crippen LogP contribution in [0.2, 0.25) is 0 Å². The summed E-state index contributed by atoms with van der Waals surface area (Å²) < 4.78 is 18.1. The van der Waals surface area contributed by atoms with Gasteiger partial charge < -0.3 is 20.1 Å². The van der Waals surface area contributed by atoms with E-state index in [-0.39, 0.29) is 18.3 Å². The molecule has 1 aliphatic carbocycles. The summed E-state index contributed by atoms with van der Waals surface area (Å²) in [7, 11) is 3.02. The van der Waals surface area contributed by atoms with Crippen molar-refractivity contribution in [2.45, 2.75) is 18.9 Å². The summed E-state index contributed by atoms with van der Waals surface area (Å²) in [5, 5.41) is 12.5. The third-order valence-electron chi connectivity index (χ3n) is 3.38. The zero-order valence-corrected chi connectivity index (χ0v) is 11.6. The number of halogens is 1. The number of benzene rings is 1. The van der Waals surface area contributed by atoms with Gasteiger partial charge in [0.2, 0.25) is 0 Å². The van der Waals surface area contributed by atoms with E-state index in [1.54, 1.807) is 7.05 Å².